The number of fused-ring (bicyclic) bond motifs is 2. The summed E-state index contributed by atoms with van der Waals surface area (Å²) in [6.45, 7) is 0. The van der Waals surface area contributed by atoms with E-state index in [0.717, 1.165) is 16.8 Å². The number of halogens is 1. The van der Waals surface area contributed by atoms with Gasteiger partial charge in [-0.25, -0.2) is 4.98 Å². The number of aromatic nitrogens is 1. The quantitative estimate of drug-likeness (QED) is 0.638. The van der Waals surface area contributed by atoms with E-state index in [2.05, 4.69) is 4.98 Å². The minimum Gasteiger partial charge on any atom is -0.437 e. The molecule has 0 N–H and O–H groups in total. The third-order valence-electron chi connectivity index (χ3n) is 3.72. The molecule has 1 aliphatic rings. The van der Waals surface area contributed by atoms with Gasteiger partial charge in [0.25, 0.3) is 5.91 Å². The van der Waals surface area contributed by atoms with Crippen molar-refractivity contribution in [2.24, 2.45) is 0 Å². The second kappa shape index (κ2) is 4.71. The highest BCUT2D eigenvalue weighted by Crippen LogP contribution is 2.38. The lowest BCUT2D eigenvalue weighted by molar-refractivity contribution is -0.112. The minimum absolute atomic E-state index is 0.0977. The fraction of sp³-hybridized carbons (Fsp3) is 0.0588. The van der Waals surface area contributed by atoms with Crippen LogP contribution in [0.2, 0.25) is 5.02 Å². The summed E-state index contributed by atoms with van der Waals surface area (Å²) in [7, 11) is 1.74. The highest BCUT2D eigenvalue weighted by Gasteiger charge is 2.30. The molecule has 2 heterocycles. The predicted octanol–water partition coefficient (Wildman–Crippen LogP) is 4.00. The third kappa shape index (κ3) is 1.92. The number of nitrogens with zero attached hydrogens (tertiary/aromatic N) is 2. The number of rotatable bonds is 1. The van der Waals surface area contributed by atoms with Gasteiger partial charge in [-0.1, -0.05) is 23.7 Å². The van der Waals surface area contributed by atoms with Crippen LogP contribution in [0, 0.1) is 0 Å². The van der Waals surface area contributed by atoms with E-state index in [1.165, 1.54) is 0 Å². The summed E-state index contributed by atoms with van der Waals surface area (Å²) < 4.78 is 5.67. The number of hydrogen-bond acceptors (Lipinski definition) is 3. The zero-order chi connectivity index (χ0) is 15.3. The molecule has 0 aliphatic carbocycles. The van der Waals surface area contributed by atoms with E-state index < -0.39 is 0 Å². The first-order valence-corrected chi connectivity index (χ1v) is 7.16. The molecule has 3 aromatic rings. The number of likely N-dealkylation sites (N-methyl/N-ethyl adjacent to an activating group) is 1. The molecule has 4 nitrogen and oxygen atoms in total. The first-order valence-electron chi connectivity index (χ1n) is 6.79. The third-order valence-corrected chi connectivity index (χ3v) is 3.96. The van der Waals surface area contributed by atoms with Gasteiger partial charge in [-0.3, -0.25) is 4.79 Å². The Labute approximate surface area is 131 Å². The molecule has 0 radical (unpaired) electrons. The predicted molar refractivity (Wildman–Crippen MR) is 86.7 cm³/mol. The van der Waals surface area contributed by atoms with Gasteiger partial charge in [-0.2, -0.15) is 0 Å². The average molecular weight is 311 g/mol. The van der Waals surface area contributed by atoms with E-state index in [0.29, 0.717) is 22.1 Å². The molecule has 5 heteroatoms. The van der Waals surface area contributed by atoms with Crippen LogP contribution in [0.25, 0.3) is 22.7 Å². The number of oxazole rings is 1. The van der Waals surface area contributed by atoms with Crippen LogP contribution in [0.5, 0.6) is 0 Å². The Hall–Kier alpha value is -2.59. The van der Waals surface area contributed by atoms with E-state index in [1.807, 2.05) is 30.3 Å². The van der Waals surface area contributed by atoms with Crippen LogP contribution >= 0.6 is 11.6 Å². The maximum Gasteiger partial charge on any atom is 0.258 e. The molecule has 22 heavy (non-hydrogen) atoms. The second-order valence-electron chi connectivity index (χ2n) is 5.10. The maximum atomic E-state index is 12.4. The molecular formula is C17H11ClN2O2. The van der Waals surface area contributed by atoms with Crippen molar-refractivity contribution >= 4 is 45.9 Å². The van der Waals surface area contributed by atoms with Crippen molar-refractivity contribution in [1.82, 2.24) is 4.98 Å². The van der Waals surface area contributed by atoms with Crippen molar-refractivity contribution in [3.8, 4) is 0 Å². The fourth-order valence-corrected chi connectivity index (χ4v) is 2.81. The summed E-state index contributed by atoms with van der Waals surface area (Å²) in [5.41, 5.74) is 3.62. The van der Waals surface area contributed by atoms with Crippen LogP contribution < -0.4 is 4.90 Å². The SMILES string of the molecule is CN1C(=O)/C(=C/c2nc3ccccc3o2)c2cc(Cl)ccc21. The normalized spacial score (nSPS) is 15.8. The smallest absolute Gasteiger partial charge is 0.258 e. The van der Waals surface area contributed by atoms with Gasteiger partial charge in [0.15, 0.2) is 5.58 Å². The molecule has 108 valence electrons. The number of amides is 1. The molecule has 0 fully saturated rings. The molecule has 1 amide bonds. The lowest BCUT2D eigenvalue weighted by Crippen LogP contribution is -2.20. The van der Waals surface area contributed by atoms with E-state index in [-0.39, 0.29) is 5.91 Å². The molecule has 0 atom stereocenters. The number of hydrogen-bond donors (Lipinski definition) is 0. The summed E-state index contributed by atoms with van der Waals surface area (Å²) in [5, 5.41) is 0.588. The molecule has 1 aromatic heterocycles. The van der Waals surface area contributed by atoms with E-state index in [4.69, 9.17) is 16.0 Å². The van der Waals surface area contributed by atoms with Crippen LogP contribution in [0.3, 0.4) is 0 Å². The molecule has 1 aliphatic heterocycles. The van der Waals surface area contributed by atoms with Gasteiger partial charge in [0.05, 0.1) is 11.3 Å². The number of para-hydroxylation sites is 2. The van der Waals surface area contributed by atoms with Crippen LogP contribution in [0.15, 0.2) is 46.9 Å². The molecule has 2 aromatic carbocycles. The number of carbonyl (C=O) groups is 1. The number of benzene rings is 2. The van der Waals surface area contributed by atoms with Gasteiger partial charge in [-0.15, -0.1) is 0 Å². The zero-order valence-electron chi connectivity index (χ0n) is 11.7. The topological polar surface area (TPSA) is 46.3 Å². The van der Waals surface area contributed by atoms with E-state index >= 15 is 0 Å². The lowest BCUT2D eigenvalue weighted by atomic mass is 10.1. The summed E-state index contributed by atoms with van der Waals surface area (Å²) in [6.07, 6.45) is 1.67. The van der Waals surface area contributed by atoms with Crippen LogP contribution in [-0.2, 0) is 4.79 Å². The number of carbonyl (C=O) groups excluding carboxylic acids is 1. The lowest BCUT2D eigenvalue weighted by Gasteiger charge is -2.08. The Bertz CT molecular complexity index is 910. The summed E-state index contributed by atoms with van der Waals surface area (Å²) in [6, 6.07) is 12.9. The maximum absolute atomic E-state index is 12.4. The Morgan fingerprint density at radius 3 is 2.86 bits per heavy atom. The Morgan fingerprint density at radius 1 is 1.23 bits per heavy atom. The van der Waals surface area contributed by atoms with Gasteiger partial charge in [0.1, 0.15) is 5.52 Å². The molecule has 0 saturated carbocycles. The standard InChI is InChI=1S/C17H11ClN2O2/c1-20-14-7-6-10(18)8-11(14)12(17(20)21)9-16-19-13-4-2-3-5-15(13)22-16/h2-9H,1H3/b12-9+. The van der Waals surface area contributed by atoms with Gasteiger partial charge >= 0.3 is 0 Å². The fourth-order valence-electron chi connectivity index (χ4n) is 2.64. The zero-order valence-corrected chi connectivity index (χ0v) is 12.5. The largest absolute Gasteiger partial charge is 0.437 e. The van der Waals surface area contributed by atoms with Crippen molar-refractivity contribution < 1.29 is 9.21 Å². The highest BCUT2D eigenvalue weighted by molar-refractivity contribution is 6.37. The van der Waals surface area contributed by atoms with Gasteiger partial charge in [0, 0.05) is 23.7 Å². The molecule has 0 spiro atoms. The average Bonchev–Trinajstić information content (AvgIpc) is 3.02. The minimum atomic E-state index is -0.0977. The Kier molecular flexibility index (Phi) is 2.81. The molecule has 0 unspecified atom stereocenters. The molecule has 4 rings (SSSR count). The van der Waals surface area contributed by atoms with Crippen molar-refractivity contribution in [2.75, 3.05) is 11.9 Å². The van der Waals surface area contributed by atoms with Crippen molar-refractivity contribution in [2.45, 2.75) is 0 Å². The monoisotopic (exact) mass is 310 g/mol. The van der Waals surface area contributed by atoms with Crippen molar-refractivity contribution in [1.29, 1.82) is 0 Å². The van der Waals surface area contributed by atoms with Crippen molar-refractivity contribution in [3.05, 3.63) is 58.9 Å². The second-order valence-corrected chi connectivity index (χ2v) is 5.54. The highest BCUT2D eigenvalue weighted by atomic mass is 35.5. The number of anilines is 1. The van der Waals surface area contributed by atoms with Crippen LogP contribution in [0.1, 0.15) is 11.5 Å². The summed E-state index contributed by atoms with van der Waals surface area (Å²) in [4.78, 5) is 18.4. The van der Waals surface area contributed by atoms with E-state index in [1.54, 1.807) is 30.2 Å². The first-order chi connectivity index (χ1) is 10.6. The Morgan fingerprint density at radius 2 is 2.05 bits per heavy atom. The van der Waals surface area contributed by atoms with Crippen LogP contribution in [-0.4, -0.2) is 17.9 Å². The molecule has 0 saturated heterocycles. The summed E-state index contributed by atoms with van der Waals surface area (Å²) >= 11 is 6.06. The molecular weight excluding hydrogens is 300 g/mol. The van der Waals surface area contributed by atoms with Gasteiger partial charge < -0.3 is 9.32 Å². The Balaban J connectivity index is 1.88. The van der Waals surface area contributed by atoms with E-state index in [9.17, 15) is 4.79 Å². The van der Waals surface area contributed by atoms with Gasteiger partial charge in [-0.05, 0) is 30.3 Å². The van der Waals surface area contributed by atoms with Crippen molar-refractivity contribution in [3.63, 3.8) is 0 Å². The first kappa shape index (κ1) is 13.1. The summed E-state index contributed by atoms with van der Waals surface area (Å²) in [5.74, 6) is 0.310. The van der Waals surface area contributed by atoms with Gasteiger partial charge in [0.2, 0.25) is 5.89 Å². The van der Waals surface area contributed by atoms with Crippen LogP contribution in [0.4, 0.5) is 5.69 Å². The molecule has 0 bridgehead atoms.